The number of benzene rings is 1. The Morgan fingerprint density at radius 2 is 2.05 bits per heavy atom. The Morgan fingerprint density at radius 1 is 1.45 bits per heavy atom. The second-order valence-corrected chi connectivity index (χ2v) is 8.01. The van der Waals surface area contributed by atoms with Gasteiger partial charge in [0.15, 0.2) is 0 Å². The van der Waals surface area contributed by atoms with Crippen LogP contribution >= 0.6 is 28.6 Å². The van der Waals surface area contributed by atoms with E-state index in [0.717, 1.165) is 10.0 Å². The summed E-state index contributed by atoms with van der Waals surface area (Å²) < 4.78 is 5.35. The van der Waals surface area contributed by atoms with E-state index in [4.69, 9.17) is 4.74 Å². The molecule has 0 saturated carbocycles. The summed E-state index contributed by atoms with van der Waals surface area (Å²) >= 11 is 8.03. The van der Waals surface area contributed by atoms with E-state index < -0.39 is 10.8 Å². The molecule has 1 saturated heterocycles. The molecule has 1 aromatic rings. The van der Waals surface area contributed by atoms with Crippen molar-refractivity contribution >= 4 is 40.6 Å². The van der Waals surface area contributed by atoms with Crippen molar-refractivity contribution in [1.29, 1.82) is 0 Å². The second kappa shape index (κ2) is 6.62. The van der Waals surface area contributed by atoms with Crippen molar-refractivity contribution in [2.45, 2.75) is 38.0 Å². The molecule has 0 aliphatic carbocycles. The third-order valence-corrected chi connectivity index (χ3v) is 4.85. The number of nitrogens with zero attached hydrogens (tertiary/aromatic N) is 1. The Kier molecular flexibility index (Phi) is 5.22. The number of rotatable bonds is 4. The molecule has 1 aliphatic heterocycles. The van der Waals surface area contributed by atoms with Gasteiger partial charge in [-0.05, 0) is 30.5 Å². The molecule has 2 amide bonds. The predicted octanol–water partition coefficient (Wildman–Crippen LogP) is 3.99. The van der Waals surface area contributed by atoms with Crippen LogP contribution in [0, 0.1) is 5.92 Å². The van der Waals surface area contributed by atoms with Gasteiger partial charge in [-0.25, -0.2) is 9.69 Å². The highest BCUT2D eigenvalue weighted by Gasteiger charge is 2.41. The number of carbonyl (C=O) groups excluding carboxylic acids is 2. The lowest BCUT2D eigenvalue weighted by molar-refractivity contribution is -0.130. The maximum absolute atomic E-state index is 12.6. The van der Waals surface area contributed by atoms with E-state index in [1.54, 1.807) is 0 Å². The van der Waals surface area contributed by atoms with Crippen LogP contribution in [0.2, 0.25) is 0 Å². The lowest BCUT2D eigenvalue weighted by Gasteiger charge is -2.28. The molecule has 0 aromatic heterocycles. The van der Waals surface area contributed by atoms with Gasteiger partial charge in [-0.1, -0.05) is 41.9 Å². The van der Waals surface area contributed by atoms with Crippen LogP contribution in [0.1, 0.15) is 32.8 Å². The fourth-order valence-corrected chi connectivity index (χ4v) is 3.05. The van der Waals surface area contributed by atoms with Gasteiger partial charge in [-0.15, -0.1) is 0 Å². The minimum absolute atomic E-state index is 0.135. The summed E-state index contributed by atoms with van der Waals surface area (Å²) in [7, 11) is 0. The fourth-order valence-electron chi connectivity index (χ4n) is 2.50. The molecule has 0 spiro atoms. The van der Waals surface area contributed by atoms with Crippen molar-refractivity contribution in [3.05, 3.63) is 34.3 Å². The molecular formula is C16H20BrNO3S. The maximum Gasteiger partial charge on any atom is 0.416 e. The molecule has 0 unspecified atom stereocenters. The number of hydrogen-bond acceptors (Lipinski definition) is 4. The van der Waals surface area contributed by atoms with E-state index in [1.807, 2.05) is 45.0 Å². The van der Waals surface area contributed by atoms with Gasteiger partial charge in [-0.3, -0.25) is 4.79 Å². The van der Waals surface area contributed by atoms with Crippen LogP contribution in [-0.2, 0) is 14.3 Å². The second-order valence-electron chi connectivity index (χ2n) is 6.11. The molecule has 4 nitrogen and oxygen atoms in total. The van der Waals surface area contributed by atoms with E-state index in [0.29, 0.717) is 0 Å². The number of halogens is 1. The van der Waals surface area contributed by atoms with Crippen molar-refractivity contribution in [2.75, 3.05) is 6.61 Å². The SMILES string of the molecule is CC(C)[C@H]1COC(=O)N1C(=O)C[C@@](C)(S)c1ccc(Br)cc1. The predicted molar refractivity (Wildman–Crippen MR) is 91.9 cm³/mol. The first-order chi connectivity index (χ1) is 10.2. The van der Waals surface area contributed by atoms with E-state index in [9.17, 15) is 9.59 Å². The van der Waals surface area contributed by atoms with Gasteiger partial charge in [0.25, 0.3) is 0 Å². The molecule has 1 aromatic carbocycles. The van der Waals surface area contributed by atoms with Gasteiger partial charge in [0, 0.05) is 15.6 Å². The Morgan fingerprint density at radius 3 is 2.59 bits per heavy atom. The Labute approximate surface area is 144 Å². The number of thiol groups is 1. The monoisotopic (exact) mass is 385 g/mol. The zero-order valence-corrected chi connectivity index (χ0v) is 15.4. The smallest absolute Gasteiger partial charge is 0.416 e. The Balaban J connectivity index is 2.16. The van der Waals surface area contributed by atoms with E-state index in [-0.39, 0.29) is 30.9 Å². The molecule has 0 radical (unpaired) electrons. The lowest BCUT2D eigenvalue weighted by Crippen LogP contribution is -2.43. The average Bonchev–Trinajstić information content (AvgIpc) is 2.81. The largest absolute Gasteiger partial charge is 0.447 e. The quantitative estimate of drug-likeness (QED) is 0.797. The minimum Gasteiger partial charge on any atom is -0.447 e. The van der Waals surface area contributed by atoms with E-state index in [1.165, 1.54) is 4.90 Å². The first kappa shape index (κ1) is 17.3. The van der Waals surface area contributed by atoms with Crippen molar-refractivity contribution in [1.82, 2.24) is 4.90 Å². The maximum atomic E-state index is 12.6. The zero-order chi connectivity index (χ0) is 16.5. The minimum atomic E-state index is -0.651. The summed E-state index contributed by atoms with van der Waals surface area (Å²) in [6.07, 6.45) is -0.417. The molecule has 6 heteroatoms. The zero-order valence-electron chi connectivity index (χ0n) is 12.9. The van der Waals surface area contributed by atoms with Gasteiger partial charge >= 0.3 is 6.09 Å². The molecule has 0 N–H and O–H groups in total. The molecule has 1 fully saturated rings. The third kappa shape index (κ3) is 3.66. The topological polar surface area (TPSA) is 46.6 Å². The standard InChI is InChI=1S/C16H20BrNO3S/c1-10(2)13-9-21-15(20)18(13)14(19)8-16(3,22)11-4-6-12(17)7-5-11/h4-7,10,13,22H,8-9H2,1-3H3/t13-,16-/m1/s1. The van der Waals surface area contributed by atoms with Crippen LogP contribution in [0.25, 0.3) is 0 Å². The highest BCUT2D eigenvalue weighted by Crippen LogP contribution is 2.34. The normalized spacial score (nSPS) is 20.9. The van der Waals surface area contributed by atoms with Gasteiger partial charge in [0.1, 0.15) is 6.61 Å². The lowest BCUT2D eigenvalue weighted by atomic mass is 9.95. The summed E-state index contributed by atoms with van der Waals surface area (Å²) in [5.74, 6) is -0.0872. The number of imide groups is 1. The van der Waals surface area contributed by atoms with E-state index >= 15 is 0 Å². The Bertz CT molecular complexity index is 571. The number of cyclic esters (lactones) is 1. The Hall–Kier alpha value is -1.01. The van der Waals surface area contributed by atoms with Crippen molar-refractivity contribution < 1.29 is 14.3 Å². The van der Waals surface area contributed by atoms with Crippen LogP contribution in [0.4, 0.5) is 4.79 Å². The first-order valence-corrected chi connectivity index (χ1v) is 8.43. The third-order valence-electron chi connectivity index (χ3n) is 3.91. The summed E-state index contributed by atoms with van der Waals surface area (Å²) in [6.45, 7) is 6.09. The van der Waals surface area contributed by atoms with E-state index in [2.05, 4.69) is 28.6 Å². The fraction of sp³-hybridized carbons (Fsp3) is 0.500. The van der Waals surface area contributed by atoms with Crippen LogP contribution < -0.4 is 0 Å². The molecule has 120 valence electrons. The highest BCUT2D eigenvalue weighted by molar-refractivity contribution is 9.10. The van der Waals surface area contributed by atoms with Crippen LogP contribution in [0.15, 0.2) is 28.7 Å². The van der Waals surface area contributed by atoms with Crippen LogP contribution in [-0.4, -0.2) is 29.5 Å². The van der Waals surface area contributed by atoms with Crippen molar-refractivity contribution in [2.24, 2.45) is 5.92 Å². The molecule has 1 aliphatic rings. The number of ether oxygens (including phenoxy) is 1. The van der Waals surface area contributed by atoms with Crippen LogP contribution in [0.5, 0.6) is 0 Å². The van der Waals surface area contributed by atoms with Crippen molar-refractivity contribution in [3.8, 4) is 0 Å². The van der Waals surface area contributed by atoms with Crippen LogP contribution in [0.3, 0.4) is 0 Å². The molecule has 1 heterocycles. The van der Waals surface area contributed by atoms with Crippen molar-refractivity contribution in [3.63, 3.8) is 0 Å². The van der Waals surface area contributed by atoms with Gasteiger partial charge in [0.2, 0.25) is 5.91 Å². The molecule has 0 bridgehead atoms. The summed E-state index contributed by atoms with van der Waals surface area (Å²) in [5.41, 5.74) is 0.932. The summed E-state index contributed by atoms with van der Waals surface area (Å²) in [6, 6.07) is 7.47. The average molecular weight is 386 g/mol. The highest BCUT2D eigenvalue weighted by atomic mass is 79.9. The summed E-state index contributed by atoms with van der Waals surface area (Å²) in [5, 5.41) is 0. The first-order valence-electron chi connectivity index (χ1n) is 7.19. The molecule has 2 atom stereocenters. The molecule has 22 heavy (non-hydrogen) atoms. The number of hydrogen-bond donors (Lipinski definition) is 1. The number of amides is 2. The number of carbonyl (C=O) groups is 2. The van der Waals surface area contributed by atoms with Gasteiger partial charge in [-0.2, -0.15) is 12.6 Å². The molecular weight excluding hydrogens is 366 g/mol. The molecule has 2 rings (SSSR count). The summed E-state index contributed by atoms with van der Waals surface area (Å²) in [4.78, 5) is 25.7. The van der Waals surface area contributed by atoms with Gasteiger partial charge in [0.05, 0.1) is 6.04 Å². The van der Waals surface area contributed by atoms with Gasteiger partial charge < -0.3 is 4.74 Å².